The molecule has 1 aliphatic rings. The van der Waals surface area contributed by atoms with Crippen LogP contribution in [0.2, 0.25) is 0 Å². The van der Waals surface area contributed by atoms with Crippen LogP contribution in [0, 0.1) is 0 Å². The summed E-state index contributed by atoms with van der Waals surface area (Å²) in [6.07, 6.45) is 3.53. The van der Waals surface area contributed by atoms with Crippen molar-refractivity contribution in [1.82, 2.24) is 9.78 Å². The second-order valence-electron chi connectivity index (χ2n) is 4.20. The monoisotopic (exact) mass is 306 g/mol. The SMILES string of the molecule is Cn1cc(NC2C(=O)Nc3ccc(Br)cc32)cn1. The zero-order valence-corrected chi connectivity index (χ0v) is 11.2. The maximum absolute atomic E-state index is 11.9. The van der Waals surface area contributed by atoms with Gasteiger partial charge in [0.15, 0.2) is 0 Å². The molecule has 0 radical (unpaired) electrons. The molecule has 1 aromatic heterocycles. The minimum Gasteiger partial charge on any atom is -0.367 e. The topological polar surface area (TPSA) is 59.0 Å². The summed E-state index contributed by atoms with van der Waals surface area (Å²) in [5.74, 6) is -0.0491. The number of carbonyl (C=O) groups is 1. The van der Waals surface area contributed by atoms with E-state index in [0.717, 1.165) is 21.4 Å². The average molecular weight is 307 g/mol. The maximum Gasteiger partial charge on any atom is 0.251 e. The van der Waals surface area contributed by atoms with Crippen LogP contribution in [-0.4, -0.2) is 15.7 Å². The average Bonchev–Trinajstić information content (AvgIpc) is 2.86. The third-order valence-corrected chi connectivity index (χ3v) is 3.35. The molecule has 5 nitrogen and oxygen atoms in total. The van der Waals surface area contributed by atoms with Crippen LogP contribution in [-0.2, 0) is 11.8 Å². The molecule has 0 aliphatic carbocycles. The molecule has 0 saturated carbocycles. The smallest absolute Gasteiger partial charge is 0.251 e. The fraction of sp³-hybridized carbons (Fsp3) is 0.167. The van der Waals surface area contributed by atoms with Crippen molar-refractivity contribution in [1.29, 1.82) is 0 Å². The van der Waals surface area contributed by atoms with E-state index in [9.17, 15) is 4.79 Å². The van der Waals surface area contributed by atoms with E-state index in [1.807, 2.05) is 31.4 Å². The number of halogens is 1. The second kappa shape index (κ2) is 4.13. The van der Waals surface area contributed by atoms with Gasteiger partial charge in [-0.3, -0.25) is 9.48 Å². The Bertz CT molecular complexity index is 622. The van der Waals surface area contributed by atoms with Gasteiger partial charge in [-0.05, 0) is 18.2 Å². The third kappa shape index (κ3) is 1.88. The molecular weight excluding hydrogens is 296 g/mol. The fourth-order valence-corrected chi connectivity index (χ4v) is 2.42. The van der Waals surface area contributed by atoms with Gasteiger partial charge >= 0.3 is 0 Å². The first-order valence-electron chi connectivity index (χ1n) is 5.49. The number of aromatic nitrogens is 2. The minimum absolute atomic E-state index is 0.0491. The Morgan fingerprint density at radius 2 is 2.33 bits per heavy atom. The maximum atomic E-state index is 11.9. The first-order chi connectivity index (χ1) is 8.63. The predicted molar refractivity (Wildman–Crippen MR) is 72.3 cm³/mol. The largest absolute Gasteiger partial charge is 0.367 e. The molecule has 0 spiro atoms. The van der Waals surface area contributed by atoms with Crippen LogP contribution in [0.25, 0.3) is 0 Å². The van der Waals surface area contributed by atoms with E-state index >= 15 is 0 Å². The molecule has 2 N–H and O–H groups in total. The van der Waals surface area contributed by atoms with E-state index in [2.05, 4.69) is 31.7 Å². The van der Waals surface area contributed by atoms with Crippen molar-refractivity contribution in [3.63, 3.8) is 0 Å². The van der Waals surface area contributed by atoms with Gasteiger partial charge in [0.25, 0.3) is 5.91 Å². The number of rotatable bonds is 2. The molecule has 0 fully saturated rings. The Hall–Kier alpha value is -1.82. The molecular formula is C12H11BrN4O. The molecule has 92 valence electrons. The molecule has 1 aliphatic heterocycles. The van der Waals surface area contributed by atoms with Crippen LogP contribution in [0.5, 0.6) is 0 Å². The highest BCUT2D eigenvalue weighted by molar-refractivity contribution is 9.10. The van der Waals surface area contributed by atoms with Gasteiger partial charge < -0.3 is 10.6 Å². The van der Waals surface area contributed by atoms with Gasteiger partial charge in [-0.15, -0.1) is 0 Å². The standard InChI is InChI=1S/C12H11BrN4O/c1-17-6-8(5-14-17)15-11-9-4-7(13)2-3-10(9)16-12(11)18/h2-6,11,15H,1H3,(H,16,18). The Balaban J connectivity index is 1.93. The highest BCUT2D eigenvalue weighted by atomic mass is 79.9. The predicted octanol–water partition coefficient (Wildman–Crippen LogP) is 2.29. The van der Waals surface area contributed by atoms with Crippen molar-refractivity contribution in [3.8, 4) is 0 Å². The number of anilines is 2. The quantitative estimate of drug-likeness (QED) is 0.895. The van der Waals surface area contributed by atoms with E-state index in [1.54, 1.807) is 10.9 Å². The summed E-state index contributed by atoms with van der Waals surface area (Å²) >= 11 is 3.42. The summed E-state index contributed by atoms with van der Waals surface area (Å²) in [4.78, 5) is 11.9. The number of fused-ring (bicyclic) bond motifs is 1. The van der Waals surface area contributed by atoms with E-state index in [0.29, 0.717) is 0 Å². The van der Waals surface area contributed by atoms with E-state index in [1.165, 1.54) is 0 Å². The summed E-state index contributed by atoms with van der Waals surface area (Å²) in [6, 6.07) is 5.37. The van der Waals surface area contributed by atoms with Crippen LogP contribution in [0.4, 0.5) is 11.4 Å². The third-order valence-electron chi connectivity index (χ3n) is 2.86. The molecule has 0 saturated heterocycles. The van der Waals surface area contributed by atoms with Gasteiger partial charge in [0.1, 0.15) is 6.04 Å². The summed E-state index contributed by atoms with van der Waals surface area (Å²) < 4.78 is 2.65. The first-order valence-corrected chi connectivity index (χ1v) is 6.28. The molecule has 0 bridgehead atoms. The zero-order valence-electron chi connectivity index (χ0n) is 9.64. The van der Waals surface area contributed by atoms with Crippen molar-refractivity contribution in [2.24, 2.45) is 7.05 Å². The van der Waals surface area contributed by atoms with E-state index in [-0.39, 0.29) is 11.9 Å². The van der Waals surface area contributed by atoms with Crippen LogP contribution >= 0.6 is 15.9 Å². The van der Waals surface area contributed by atoms with Crippen molar-refractivity contribution in [3.05, 3.63) is 40.6 Å². The van der Waals surface area contributed by atoms with Gasteiger partial charge in [-0.25, -0.2) is 0 Å². The zero-order chi connectivity index (χ0) is 12.7. The van der Waals surface area contributed by atoms with E-state index < -0.39 is 0 Å². The molecule has 18 heavy (non-hydrogen) atoms. The van der Waals surface area contributed by atoms with E-state index in [4.69, 9.17) is 0 Å². The molecule has 1 unspecified atom stereocenters. The minimum atomic E-state index is -0.373. The number of carbonyl (C=O) groups excluding carboxylic acids is 1. The lowest BCUT2D eigenvalue weighted by atomic mass is 10.1. The summed E-state index contributed by atoms with van der Waals surface area (Å²) in [6.45, 7) is 0. The molecule has 3 rings (SSSR count). The second-order valence-corrected chi connectivity index (χ2v) is 5.12. The molecule has 2 heterocycles. The fourth-order valence-electron chi connectivity index (χ4n) is 2.04. The number of benzene rings is 1. The number of nitrogens with one attached hydrogen (secondary N) is 2. The van der Waals surface area contributed by atoms with Crippen LogP contribution in [0.3, 0.4) is 0 Å². The Morgan fingerprint density at radius 3 is 3.06 bits per heavy atom. The number of hydrogen-bond donors (Lipinski definition) is 2. The molecule has 6 heteroatoms. The van der Waals surface area contributed by atoms with Crippen LogP contribution < -0.4 is 10.6 Å². The Kier molecular flexibility index (Phi) is 2.59. The number of amides is 1. The van der Waals surface area contributed by atoms with Crippen molar-refractivity contribution >= 4 is 33.2 Å². The molecule has 1 aromatic carbocycles. The molecule has 1 atom stereocenters. The van der Waals surface area contributed by atoms with Crippen molar-refractivity contribution < 1.29 is 4.79 Å². The highest BCUT2D eigenvalue weighted by Crippen LogP contribution is 2.34. The van der Waals surface area contributed by atoms with Gasteiger partial charge in [0.2, 0.25) is 0 Å². The van der Waals surface area contributed by atoms with Gasteiger partial charge in [-0.2, -0.15) is 5.10 Å². The molecule has 2 aromatic rings. The summed E-state index contributed by atoms with van der Waals surface area (Å²) in [5, 5.41) is 10.1. The summed E-state index contributed by atoms with van der Waals surface area (Å²) in [7, 11) is 1.84. The van der Waals surface area contributed by atoms with Crippen LogP contribution in [0.15, 0.2) is 35.1 Å². The van der Waals surface area contributed by atoms with Gasteiger partial charge in [-0.1, -0.05) is 15.9 Å². The Morgan fingerprint density at radius 1 is 1.50 bits per heavy atom. The highest BCUT2D eigenvalue weighted by Gasteiger charge is 2.30. The lowest BCUT2D eigenvalue weighted by Crippen LogP contribution is -2.19. The number of hydrogen-bond acceptors (Lipinski definition) is 3. The lowest BCUT2D eigenvalue weighted by molar-refractivity contribution is -0.116. The Labute approximate surface area is 112 Å². The normalized spacial score (nSPS) is 17.4. The summed E-state index contributed by atoms with van der Waals surface area (Å²) in [5.41, 5.74) is 2.62. The van der Waals surface area contributed by atoms with Crippen molar-refractivity contribution in [2.45, 2.75) is 6.04 Å². The van der Waals surface area contributed by atoms with Gasteiger partial charge in [0, 0.05) is 29.0 Å². The lowest BCUT2D eigenvalue weighted by Gasteiger charge is -2.10. The number of nitrogens with zero attached hydrogens (tertiary/aromatic N) is 2. The molecule has 1 amide bonds. The van der Waals surface area contributed by atoms with Gasteiger partial charge in [0.05, 0.1) is 11.9 Å². The number of aryl methyl sites for hydroxylation is 1. The van der Waals surface area contributed by atoms with Crippen molar-refractivity contribution in [2.75, 3.05) is 10.6 Å². The van der Waals surface area contributed by atoms with Crippen LogP contribution in [0.1, 0.15) is 11.6 Å². The first kappa shape index (κ1) is 11.3.